The lowest BCUT2D eigenvalue weighted by molar-refractivity contribution is -0.188. The van der Waals surface area contributed by atoms with Gasteiger partial charge in [0.1, 0.15) is 5.82 Å². The Hall–Kier alpha value is -1.63. The minimum Gasteiger partial charge on any atom is -0.377 e. The number of aryl methyl sites for hydroxylation is 1. The van der Waals surface area contributed by atoms with E-state index in [2.05, 4.69) is 39.7 Å². The van der Waals surface area contributed by atoms with Crippen molar-refractivity contribution >= 4 is 5.96 Å². The van der Waals surface area contributed by atoms with Crippen molar-refractivity contribution in [1.29, 1.82) is 0 Å². The van der Waals surface area contributed by atoms with Gasteiger partial charge in [-0.05, 0) is 19.8 Å². The molecule has 2 heterocycles. The highest BCUT2D eigenvalue weighted by Crippen LogP contribution is 2.51. The van der Waals surface area contributed by atoms with Crippen LogP contribution in [-0.2, 0) is 18.3 Å². The molecule has 0 radical (unpaired) electrons. The second kappa shape index (κ2) is 6.11. The average molecular weight is 320 g/mol. The predicted octanol–water partition coefficient (Wildman–Crippen LogP) is 0.992. The van der Waals surface area contributed by atoms with E-state index in [0.29, 0.717) is 24.6 Å². The lowest BCUT2D eigenvalue weighted by atomic mass is 9.55. The van der Waals surface area contributed by atoms with E-state index in [0.717, 1.165) is 30.6 Å². The molecule has 3 unspecified atom stereocenters. The van der Waals surface area contributed by atoms with Gasteiger partial charge in [0.25, 0.3) is 0 Å². The fourth-order valence-electron chi connectivity index (χ4n) is 3.93. The first-order valence-corrected chi connectivity index (χ1v) is 8.38. The molecule has 2 N–H and O–H groups in total. The molecule has 0 spiro atoms. The molecule has 128 valence electrons. The molecule has 23 heavy (non-hydrogen) atoms. The van der Waals surface area contributed by atoms with Gasteiger partial charge in [-0.15, -0.1) is 10.2 Å². The van der Waals surface area contributed by atoms with E-state index in [1.54, 1.807) is 7.05 Å². The summed E-state index contributed by atoms with van der Waals surface area (Å²) < 4.78 is 7.95. The van der Waals surface area contributed by atoms with Crippen LogP contribution in [-0.4, -0.2) is 46.5 Å². The SMILES string of the molecule is CN=C(NCc1nnc(C)n1C)NC1C2CCCOC2C1(C)C. The Kier molecular flexibility index (Phi) is 4.31. The highest BCUT2D eigenvalue weighted by molar-refractivity contribution is 5.80. The third kappa shape index (κ3) is 2.82. The molecule has 0 aromatic carbocycles. The van der Waals surface area contributed by atoms with Crippen molar-refractivity contribution in [2.24, 2.45) is 23.4 Å². The average Bonchev–Trinajstić information content (AvgIpc) is 2.87. The van der Waals surface area contributed by atoms with Crippen molar-refractivity contribution in [3.05, 3.63) is 11.6 Å². The van der Waals surface area contributed by atoms with Crippen LogP contribution in [0, 0.1) is 18.3 Å². The van der Waals surface area contributed by atoms with Gasteiger partial charge in [-0.2, -0.15) is 0 Å². The van der Waals surface area contributed by atoms with Crippen LogP contribution in [0.3, 0.4) is 0 Å². The maximum Gasteiger partial charge on any atom is 0.191 e. The Bertz CT molecular complexity index is 593. The fraction of sp³-hybridized carbons (Fsp3) is 0.812. The van der Waals surface area contributed by atoms with Gasteiger partial charge in [-0.1, -0.05) is 13.8 Å². The van der Waals surface area contributed by atoms with Crippen molar-refractivity contribution in [3.63, 3.8) is 0 Å². The van der Waals surface area contributed by atoms with Gasteiger partial charge in [0, 0.05) is 38.1 Å². The molecular weight excluding hydrogens is 292 g/mol. The highest BCUT2D eigenvalue weighted by Gasteiger charge is 2.58. The van der Waals surface area contributed by atoms with Gasteiger partial charge in [0.2, 0.25) is 0 Å². The summed E-state index contributed by atoms with van der Waals surface area (Å²) in [5.41, 5.74) is 0.129. The maximum atomic E-state index is 5.96. The highest BCUT2D eigenvalue weighted by atomic mass is 16.5. The second-order valence-corrected chi connectivity index (χ2v) is 7.19. The van der Waals surface area contributed by atoms with Crippen LogP contribution in [0.5, 0.6) is 0 Å². The van der Waals surface area contributed by atoms with Crippen molar-refractivity contribution in [3.8, 4) is 0 Å². The minimum atomic E-state index is 0.129. The third-order valence-electron chi connectivity index (χ3n) is 5.44. The second-order valence-electron chi connectivity index (χ2n) is 7.19. The lowest BCUT2D eigenvalue weighted by Gasteiger charge is -2.60. The van der Waals surface area contributed by atoms with Crippen LogP contribution in [0.1, 0.15) is 38.3 Å². The van der Waals surface area contributed by atoms with Crippen LogP contribution in [0.2, 0.25) is 0 Å². The summed E-state index contributed by atoms with van der Waals surface area (Å²) in [6.45, 7) is 8.00. The Balaban J connectivity index is 1.60. The molecule has 1 aromatic rings. The van der Waals surface area contributed by atoms with Gasteiger partial charge in [-0.3, -0.25) is 4.99 Å². The minimum absolute atomic E-state index is 0.129. The van der Waals surface area contributed by atoms with Gasteiger partial charge in [-0.25, -0.2) is 0 Å². The number of nitrogens with zero attached hydrogens (tertiary/aromatic N) is 4. The van der Waals surface area contributed by atoms with Gasteiger partial charge in [0.15, 0.2) is 11.8 Å². The molecular formula is C16H28N6O. The smallest absolute Gasteiger partial charge is 0.191 e. The molecule has 1 aromatic heterocycles. The third-order valence-corrected chi connectivity index (χ3v) is 5.44. The first-order chi connectivity index (χ1) is 10.9. The summed E-state index contributed by atoms with van der Waals surface area (Å²) >= 11 is 0. The molecule has 0 bridgehead atoms. The summed E-state index contributed by atoms with van der Waals surface area (Å²) in [6, 6.07) is 0.389. The van der Waals surface area contributed by atoms with E-state index in [-0.39, 0.29) is 5.41 Å². The maximum absolute atomic E-state index is 5.96. The molecule has 7 heteroatoms. The molecule has 1 aliphatic carbocycles. The Labute approximate surface area is 137 Å². The van der Waals surface area contributed by atoms with Crippen LogP contribution in [0.4, 0.5) is 0 Å². The normalized spacial score (nSPS) is 29.6. The van der Waals surface area contributed by atoms with E-state index in [1.165, 1.54) is 6.42 Å². The van der Waals surface area contributed by atoms with Gasteiger partial charge < -0.3 is 19.9 Å². The summed E-state index contributed by atoms with van der Waals surface area (Å²) in [7, 11) is 3.78. The Morgan fingerprint density at radius 3 is 2.87 bits per heavy atom. The fourth-order valence-corrected chi connectivity index (χ4v) is 3.93. The number of ether oxygens (including phenoxy) is 1. The molecule has 3 rings (SSSR count). The molecule has 0 amide bonds. The molecule has 2 fully saturated rings. The van der Waals surface area contributed by atoms with Gasteiger partial charge in [0.05, 0.1) is 12.6 Å². The van der Waals surface area contributed by atoms with E-state index < -0.39 is 0 Å². The number of rotatable bonds is 3. The zero-order valence-corrected chi connectivity index (χ0v) is 14.8. The van der Waals surface area contributed by atoms with Gasteiger partial charge >= 0.3 is 0 Å². The van der Waals surface area contributed by atoms with E-state index in [4.69, 9.17) is 4.74 Å². The standard InChI is InChI=1S/C16H28N6O/c1-10-20-21-12(22(10)5)9-18-15(17-4)19-13-11-7-6-8-23-14(11)16(13,2)3/h11,13-14H,6-9H2,1-5H3,(H2,17,18,19). The lowest BCUT2D eigenvalue weighted by Crippen LogP contribution is -2.71. The molecule has 1 saturated heterocycles. The molecule has 1 saturated carbocycles. The van der Waals surface area contributed by atoms with Crippen LogP contribution >= 0.6 is 0 Å². The zero-order chi connectivity index (χ0) is 16.6. The quantitative estimate of drug-likeness (QED) is 0.642. The summed E-state index contributed by atoms with van der Waals surface area (Å²) in [4.78, 5) is 4.36. The molecule has 2 aliphatic rings. The van der Waals surface area contributed by atoms with Crippen LogP contribution in [0.15, 0.2) is 4.99 Å². The van der Waals surface area contributed by atoms with E-state index >= 15 is 0 Å². The van der Waals surface area contributed by atoms with Crippen molar-refractivity contribution in [2.45, 2.75) is 52.3 Å². The first-order valence-electron chi connectivity index (χ1n) is 8.38. The Morgan fingerprint density at radius 2 is 2.22 bits per heavy atom. The summed E-state index contributed by atoms with van der Waals surface area (Å²) in [5.74, 6) is 3.20. The predicted molar refractivity (Wildman–Crippen MR) is 89.1 cm³/mol. The van der Waals surface area contributed by atoms with Crippen molar-refractivity contribution < 1.29 is 4.74 Å². The summed E-state index contributed by atoms with van der Waals surface area (Å²) in [5, 5.41) is 15.2. The van der Waals surface area contributed by atoms with Crippen molar-refractivity contribution in [2.75, 3.05) is 13.7 Å². The number of hydrogen-bond donors (Lipinski definition) is 2. The Morgan fingerprint density at radius 1 is 1.43 bits per heavy atom. The molecule has 1 aliphatic heterocycles. The first kappa shape index (κ1) is 16.2. The number of guanidine groups is 1. The topological polar surface area (TPSA) is 76.4 Å². The van der Waals surface area contributed by atoms with Crippen molar-refractivity contribution in [1.82, 2.24) is 25.4 Å². The molecule has 7 nitrogen and oxygen atoms in total. The zero-order valence-electron chi connectivity index (χ0n) is 14.8. The van der Waals surface area contributed by atoms with Crippen LogP contribution in [0.25, 0.3) is 0 Å². The molecule has 3 atom stereocenters. The van der Waals surface area contributed by atoms with Crippen LogP contribution < -0.4 is 10.6 Å². The van der Waals surface area contributed by atoms with E-state index in [1.807, 2.05) is 18.5 Å². The summed E-state index contributed by atoms with van der Waals surface area (Å²) in [6.07, 6.45) is 2.75. The van der Waals surface area contributed by atoms with E-state index in [9.17, 15) is 0 Å². The number of nitrogens with one attached hydrogen (secondary N) is 2. The largest absolute Gasteiger partial charge is 0.377 e. The number of aromatic nitrogens is 3. The number of fused-ring (bicyclic) bond motifs is 1. The number of hydrogen-bond acceptors (Lipinski definition) is 4. The monoisotopic (exact) mass is 320 g/mol. The number of aliphatic imine (C=N–C) groups is 1.